The first kappa shape index (κ1) is 16.0. The number of hydrogen-bond acceptors (Lipinski definition) is 5. The molecule has 4 unspecified atom stereocenters. The van der Waals surface area contributed by atoms with Gasteiger partial charge in [0.05, 0.1) is 37.1 Å². The van der Waals surface area contributed by atoms with E-state index in [9.17, 15) is 4.79 Å². The average Bonchev–Trinajstić information content (AvgIpc) is 2.61. The third-order valence-corrected chi connectivity index (χ3v) is 4.75. The van der Waals surface area contributed by atoms with Gasteiger partial charge < -0.3 is 18.9 Å². The maximum absolute atomic E-state index is 13.1. The molecule has 1 aromatic rings. The van der Waals surface area contributed by atoms with E-state index >= 15 is 0 Å². The van der Waals surface area contributed by atoms with E-state index in [1.807, 2.05) is 24.3 Å². The van der Waals surface area contributed by atoms with E-state index < -0.39 is 0 Å². The van der Waals surface area contributed by atoms with Crippen LogP contribution in [0, 0.1) is 5.92 Å². The average molecular weight is 318 g/mol. The summed E-state index contributed by atoms with van der Waals surface area (Å²) in [4.78, 5) is 13.1. The van der Waals surface area contributed by atoms with E-state index in [1.165, 1.54) is 0 Å². The molecule has 124 valence electrons. The quantitative estimate of drug-likeness (QED) is 0.853. The minimum Gasteiger partial charge on any atom is -0.496 e. The Bertz CT molecular complexity index is 609. The summed E-state index contributed by atoms with van der Waals surface area (Å²) in [5.41, 5.74) is 1.30. The zero-order chi connectivity index (χ0) is 16.4. The number of rotatable bonds is 4. The van der Waals surface area contributed by atoms with Crippen LogP contribution < -0.4 is 4.74 Å². The molecule has 0 radical (unpaired) electrons. The first-order valence-corrected chi connectivity index (χ1v) is 7.78. The molecule has 23 heavy (non-hydrogen) atoms. The maximum Gasteiger partial charge on any atom is 0.176 e. The number of carbonyl (C=O) groups is 1. The zero-order valence-electron chi connectivity index (χ0n) is 13.7. The molecule has 1 heterocycles. The van der Waals surface area contributed by atoms with Crippen molar-refractivity contribution >= 4 is 11.4 Å². The summed E-state index contributed by atoms with van der Waals surface area (Å²) in [6, 6.07) is 7.47. The minimum atomic E-state index is -0.309. The van der Waals surface area contributed by atoms with Crippen molar-refractivity contribution in [3.63, 3.8) is 0 Å². The van der Waals surface area contributed by atoms with Gasteiger partial charge in [0.15, 0.2) is 5.78 Å². The van der Waals surface area contributed by atoms with Crippen LogP contribution in [0.25, 0.3) is 5.57 Å². The molecule has 0 amide bonds. The van der Waals surface area contributed by atoms with E-state index in [2.05, 4.69) is 0 Å². The van der Waals surface area contributed by atoms with Gasteiger partial charge in [0.25, 0.3) is 0 Å². The Morgan fingerprint density at radius 1 is 1.09 bits per heavy atom. The van der Waals surface area contributed by atoms with Crippen LogP contribution in [0.4, 0.5) is 0 Å². The lowest BCUT2D eigenvalue weighted by Gasteiger charge is -2.41. The van der Waals surface area contributed by atoms with Crippen LogP contribution in [0.15, 0.2) is 30.5 Å². The third kappa shape index (κ3) is 2.86. The SMILES string of the molecule is COc1ccccc1C1=COC2CC(OC)CC(OC)C2C1=O. The highest BCUT2D eigenvalue weighted by Gasteiger charge is 2.47. The van der Waals surface area contributed by atoms with Gasteiger partial charge in [-0.3, -0.25) is 4.79 Å². The number of benzene rings is 1. The molecule has 1 aliphatic heterocycles. The second-order valence-corrected chi connectivity index (χ2v) is 5.90. The first-order valence-electron chi connectivity index (χ1n) is 7.78. The molecule has 1 aliphatic carbocycles. The van der Waals surface area contributed by atoms with Crippen molar-refractivity contribution in [2.75, 3.05) is 21.3 Å². The fourth-order valence-corrected chi connectivity index (χ4v) is 3.52. The van der Waals surface area contributed by atoms with Crippen LogP contribution >= 0.6 is 0 Å². The van der Waals surface area contributed by atoms with Crippen molar-refractivity contribution in [2.24, 2.45) is 5.92 Å². The minimum absolute atomic E-state index is 0.0483. The van der Waals surface area contributed by atoms with Gasteiger partial charge in [0.2, 0.25) is 0 Å². The summed E-state index contributed by atoms with van der Waals surface area (Å²) >= 11 is 0. The predicted octanol–water partition coefficient (Wildman–Crippen LogP) is 2.44. The Kier molecular flexibility index (Phi) is 4.68. The van der Waals surface area contributed by atoms with Crippen LogP contribution in [0.3, 0.4) is 0 Å². The molecular formula is C18H22O5. The lowest BCUT2D eigenvalue weighted by Crippen LogP contribution is -2.50. The Morgan fingerprint density at radius 2 is 1.87 bits per heavy atom. The lowest BCUT2D eigenvalue weighted by molar-refractivity contribution is -0.142. The number of fused-ring (bicyclic) bond motifs is 1. The number of hydrogen-bond donors (Lipinski definition) is 0. The van der Waals surface area contributed by atoms with Gasteiger partial charge >= 0.3 is 0 Å². The lowest BCUT2D eigenvalue weighted by atomic mass is 9.75. The Morgan fingerprint density at radius 3 is 2.57 bits per heavy atom. The zero-order valence-corrected chi connectivity index (χ0v) is 13.7. The highest BCUT2D eigenvalue weighted by molar-refractivity contribution is 6.23. The van der Waals surface area contributed by atoms with Crippen LogP contribution in [0.5, 0.6) is 5.75 Å². The molecule has 1 fully saturated rings. The van der Waals surface area contributed by atoms with E-state index in [0.29, 0.717) is 24.2 Å². The first-order chi connectivity index (χ1) is 11.2. The second kappa shape index (κ2) is 6.72. The monoisotopic (exact) mass is 318 g/mol. The number of carbonyl (C=O) groups excluding carboxylic acids is 1. The topological polar surface area (TPSA) is 54.0 Å². The molecule has 4 atom stereocenters. The molecule has 0 bridgehead atoms. The molecule has 0 aromatic heterocycles. The summed E-state index contributed by atoms with van der Waals surface area (Å²) in [6.45, 7) is 0. The largest absolute Gasteiger partial charge is 0.496 e. The third-order valence-electron chi connectivity index (χ3n) is 4.75. The fourth-order valence-electron chi connectivity index (χ4n) is 3.52. The molecule has 2 aliphatic rings. The summed E-state index contributed by atoms with van der Waals surface area (Å²) < 4.78 is 22.3. The van der Waals surface area contributed by atoms with Crippen molar-refractivity contribution in [1.29, 1.82) is 0 Å². The Labute approximate surface area is 136 Å². The maximum atomic E-state index is 13.1. The van der Waals surface area contributed by atoms with Gasteiger partial charge in [-0.2, -0.15) is 0 Å². The van der Waals surface area contributed by atoms with Crippen molar-refractivity contribution in [2.45, 2.75) is 31.2 Å². The van der Waals surface area contributed by atoms with Gasteiger partial charge in [-0.15, -0.1) is 0 Å². The van der Waals surface area contributed by atoms with Crippen LogP contribution in [0.2, 0.25) is 0 Å². The van der Waals surface area contributed by atoms with Crippen molar-refractivity contribution in [3.05, 3.63) is 36.1 Å². The molecule has 0 saturated heterocycles. The number of allylic oxidation sites excluding steroid dienone is 1. The van der Waals surface area contributed by atoms with Gasteiger partial charge in [-0.25, -0.2) is 0 Å². The van der Waals surface area contributed by atoms with Gasteiger partial charge in [0, 0.05) is 32.6 Å². The smallest absolute Gasteiger partial charge is 0.176 e. The van der Waals surface area contributed by atoms with Gasteiger partial charge in [-0.1, -0.05) is 18.2 Å². The molecule has 5 nitrogen and oxygen atoms in total. The van der Waals surface area contributed by atoms with E-state index in [1.54, 1.807) is 27.6 Å². The Hall–Kier alpha value is -1.85. The number of ether oxygens (including phenoxy) is 4. The molecule has 0 spiro atoms. The number of Topliss-reactive ketones (excluding diaryl/α,β-unsaturated/α-hetero) is 1. The van der Waals surface area contributed by atoms with Gasteiger partial charge in [-0.05, 0) is 6.07 Å². The molecule has 1 saturated carbocycles. The summed E-state index contributed by atoms with van der Waals surface area (Å²) in [6.07, 6.45) is 2.60. The molecule has 5 heteroatoms. The van der Waals surface area contributed by atoms with Crippen LogP contribution in [0.1, 0.15) is 18.4 Å². The second-order valence-electron chi connectivity index (χ2n) is 5.90. The number of para-hydroxylation sites is 1. The van der Waals surface area contributed by atoms with E-state index in [0.717, 1.165) is 5.56 Å². The highest BCUT2D eigenvalue weighted by atomic mass is 16.5. The van der Waals surface area contributed by atoms with Gasteiger partial charge in [0.1, 0.15) is 11.9 Å². The van der Waals surface area contributed by atoms with E-state index in [4.69, 9.17) is 18.9 Å². The number of ketones is 1. The normalized spacial score (nSPS) is 30.2. The summed E-state index contributed by atoms with van der Waals surface area (Å²) in [5.74, 6) is 0.400. The Balaban J connectivity index is 1.94. The van der Waals surface area contributed by atoms with Crippen LogP contribution in [-0.4, -0.2) is 45.4 Å². The van der Waals surface area contributed by atoms with E-state index in [-0.39, 0.29) is 30.0 Å². The summed E-state index contributed by atoms with van der Waals surface area (Å²) in [7, 11) is 4.91. The predicted molar refractivity (Wildman–Crippen MR) is 85.2 cm³/mol. The molecular weight excluding hydrogens is 296 g/mol. The van der Waals surface area contributed by atoms with Crippen LogP contribution in [-0.2, 0) is 19.0 Å². The molecule has 1 aromatic carbocycles. The van der Waals surface area contributed by atoms with Crippen molar-refractivity contribution in [1.82, 2.24) is 0 Å². The summed E-state index contributed by atoms with van der Waals surface area (Å²) in [5, 5.41) is 0. The number of methoxy groups -OCH3 is 3. The molecule has 0 N–H and O–H groups in total. The molecule has 3 rings (SSSR count). The standard InChI is InChI=1S/C18H22O5/c1-20-11-8-15(22-3)17-16(9-11)23-10-13(18(17)19)12-6-4-5-7-14(12)21-2/h4-7,10-11,15-17H,8-9H2,1-3H3. The van der Waals surface area contributed by atoms with Crippen molar-refractivity contribution in [3.8, 4) is 5.75 Å². The fraction of sp³-hybridized carbons (Fsp3) is 0.500. The van der Waals surface area contributed by atoms with Crippen molar-refractivity contribution < 1.29 is 23.7 Å². The highest BCUT2D eigenvalue weighted by Crippen LogP contribution is 2.40.